The summed E-state index contributed by atoms with van der Waals surface area (Å²) < 4.78 is 4.80. The number of hydrogen-bond acceptors (Lipinski definition) is 4. The lowest BCUT2D eigenvalue weighted by Gasteiger charge is -2.27. The van der Waals surface area contributed by atoms with Crippen molar-refractivity contribution in [2.75, 3.05) is 25.2 Å². The Morgan fingerprint density at radius 1 is 1.53 bits per heavy atom. The summed E-state index contributed by atoms with van der Waals surface area (Å²) in [4.78, 5) is 13.7. The number of aliphatic hydroxyl groups is 1. The number of methoxy groups -OCH3 is 1. The third-order valence-corrected chi connectivity index (χ3v) is 3.18. The lowest BCUT2D eigenvalue weighted by molar-refractivity contribution is -0.142. The van der Waals surface area contributed by atoms with Crippen LogP contribution in [0.5, 0.6) is 0 Å². The first-order chi connectivity index (χ1) is 8.27. The van der Waals surface area contributed by atoms with Crippen molar-refractivity contribution in [1.82, 2.24) is 0 Å². The Bertz CT molecular complexity index is 405. The van der Waals surface area contributed by atoms with Crippen LogP contribution in [0.15, 0.2) is 24.3 Å². The zero-order valence-electron chi connectivity index (χ0n) is 9.93. The molecule has 4 heteroatoms. The Hall–Kier alpha value is -1.55. The quantitative estimate of drug-likeness (QED) is 0.790. The van der Waals surface area contributed by atoms with Gasteiger partial charge < -0.3 is 14.7 Å². The smallest absolute Gasteiger partial charge is 0.328 e. The van der Waals surface area contributed by atoms with E-state index in [0.29, 0.717) is 6.42 Å². The number of carbonyl (C=O) groups excluding carboxylic acids is 1. The number of para-hydroxylation sites is 1. The van der Waals surface area contributed by atoms with Gasteiger partial charge in [0, 0.05) is 25.3 Å². The molecular formula is C13H17NO3. The highest BCUT2D eigenvalue weighted by atomic mass is 16.5. The second kappa shape index (κ2) is 5.19. The van der Waals surface area contributed by atoms with Gasteiger partial charge in [-0.25, -0.2) is 4.79 Å². The average Bonchev–Trinajstić information content (AvgIpc) is 2.79. The SMILES string of the molecule is COC(=O)C(CCO)N1CCc2ccccc21. The Balaban J connectivity index is 2.24. The minimum absolute atomic E-state index is 0.0154. The van der Waals surface area contributed by atoms with Crippen molar-refractivity contribution in [1.29, 1.82) is 0 Å². The molecule has 1 aliphatic rings. The van der Waals surface area contributed by atoms with Crippen LogP contribution in [0.4, 0.5) is 5.69 Å². The number of nitrogens with zero attached hydrogens (tertiary/aromatic N) is 1. The minimum Gasteiger partial charge on any atom is -0.467 e. The molecule has 17 heavy (non-hydrogen) atoms. The largest absolute Gasteiger partial charge is 0.467 e. The van der Waals surface area contributed by atoms with Gasteiger partial charge in [0.25, 0.3) is 0 Å². The van der Waals surface area contributed by atoms with Gasteiger partial charge in [0.2, 0.25) is 0 Å². The lowest BCUT2D eigenvalue weighted by Crippen LogP contribution is -2.41. The predicted octanol–water partition coefficient (Wildman–Crippen LogP) is 0.973. The van der Waals surface area contributed by atoms with Gasteiger partial charge >= 0.3 is 5.97 Å². The molecule has 0 spiro atoms. The topological polar surface area (TPSA) is 49.8 Å². The van der Waals surface area contributed by atoms with Crippen LogP contribution < -0.4 is 4.90 Å². The molecular weight excluding hydrogens is 218 g/mol. The van der Waals surface area contributed by atoms with Crippen LogP contribution in [0.2, 0.25) is 0 Å². The summed E-state index contributed by atoms with van der Waals surface area (Å²) in [5.74, 6) is -0.282. The van der Waals surface area contributed by atoms with Gasteiger partial charge in [-0.3, -0.25) is 0 Å². The number of esters is 1. The first-order valence-electron chi connectivity index (χ1n) is 5.81. The van der Waals surface area contributed by atoms with Crippen molar-refractivity contribution >= 4 is 11.7 Å². The monoisotopic (exact) mass is 235 g/mol. The number of aliphatic hydroxyl groups excluding tert-OH is 1. The Morgan fingerprint density at radius 2 is 2.29 bits per heavy atom. The number of benzene rings is 1. The first kappa shape index (κ1) is 11.9. The van der Waals surface area contributed by atoms with Crippen LogP contribution in [-0.4, -0.2) is 37.4 Å². The molecule has 4 nitrogen and oxygen atoms in total. The molecule has 0 saturated heterocycles. The molecule has 1 aromatic rings. The second-order valence-electron chi connectivity index (χ2n) is 4.12. The summed E-state index contributed by atoms with van der Waals surface area (Å²) in [6.07, 6.45) is 1.34. The molecule has 0 saturated carbocycles. The molecule has 1 aromatic carbocycles. The van der Waals surface area contributed by atoms with Gasteiger partial charge in [-0.05, 0) is 18.1 Å². The molecule has 1 N–H and O–H groups in total. The van der Waals surface area contributed by atoms with E-state index in [9.17, 15) is 4.79 Å². The molecule has 1 unspecified atom stereocenters. The standard InChI is InChI=1S/C13H17NO3/c1-17-13(16)12(7-9-15)14-8-6-10-4-2-3-5-11(10)14/h2-5,12,15H,6-9H2,1H3. The van der Waals surface area contributed by atoms with Crippen molar-refractivity contribution in [2.24, 2.45) is 0 Å². The fourth-order valence-corrected chi connectivity index (χ4v) is 2.35. The van der Waals surface area contributed by atoms with Crippen molar-refractivity contribution in [3.05, 3.63) is 29.8 Å². The number of fused-ring (bicyclic) bond motifs is 1. The molecule has 1 atom stereocenters. The molecule has 1 aliphatic heterocycles. The Morgan fingerprint density at radius 3 is 3.00 bits per heavy atom. The van der Waals surface area contributed by atoms with E-state index in [4.69, 9.17) is 9.84 Å². The summed E-state index contributed by atoms with van der Waals surface area (Å²) in [6.45, 7) is 0.789. The second-order valence-corrected chi connectivity index (χ2v) is 4.12. The summed E-state index contributed by atoms with van der Waals surface area (Å²) in [6, 6.07) is 7.66. The van der Waals surface area contributed by atoms with Crippen LogP contribution >= 0.6 is 0 Å². The van der Waals surface area contributed by atoms with E-state index in [1.54, 1.807) is 0 Å². The van der Waals surface area contributed by atoms with Gasteiger partial charge in [0.1, 0.15) is 6.04 Å². The maximum Gasteiger partial charge on any atom is 0.328 e. The third kappa shape index (κ3) is 2.26. The number of ether oxygens (including phenoxy) is 1. The molecule has 0 aromatic heterocycles. The van der Waals surface area contributed by atoms with Crippen LogP contribution in [0.25, 0.3) is 0 Å². The van der Waals surface area contributed by atoms with Crippen LogP contribution in [-0.2, 0) is 16.0 Å². The van der Waals surface area contributed by atoms with Crippen molar-refractivity contribution in [3.63, 3.8) is 0 Å². The summed E-state index contributed by atoms with van der Waals surface area (Å²) in [5, 5.41) is 9.05. The highest BCUT2D eigenvalue weighted by Gasteiger charge is 2.30. The number of carbonyl (C=O) groups is 1. The molecule has 92 valence electrons. The van der Waals surface area contributed by atoms with Crippen LogP contribution in [0, 0.1) is 0 Å². The number of rotatable bonds is 4. The molecule has 0 aliphatic carbocycles. The Labute approximate surface area is 101 Å². The van der Waals surface area contributed by atoms with E-state index in [-0.39, 0.29) is 18.6 Å². The van der Waals surface area contributed by atoms with E-state index in [1.807, 2.05) is 23.1 Å². The van der Waals surface area contributed by atoms with Gasteiger partial charge in [0.15, 0.2) is 0 Å². The highest BCUT2D eigenvalue weighted by Crippen LogP contribution is 2.30. The fourth-order valence-electron chi connectivity index (χ4n) is 2.35. The maximum absolute atomic E-state index is 11.7. The Kier molecular flexibility index (Phi) is 3.64. The van der Waals surface area contributed by atoms with E-state index in [0.717, 1.165) is 18.7 Å². The van der Waals surface area contributed by atoms with E-state index < -0.39 is 0 Å². The number of hydrogen-bond donors (Lipinski definition) is 1. The molecule has 0 bridgehead atoms. The normalized spacial score (nSPS) is 15.5. The van der Waals surface area contributed by atoms with Crippen molar-refractivity contribution in [3.8, 4) is 0 Å². The third-order valence-electron chi connectivity index (χ3n) is 3.18. The summed E-state index contributed by atoms with van der Waals surface area (Å²) in [7, 11) is 1.38. The molecule has 1 heterocycles. The van der Waals surface area contributed by atoms with E-state index in [2.05, 4.69) is 6.07 Å². The molecule has 0 radical (unpaired) electrons. The average molecular weight is 235 g/mol. The zero-order valence-corrected chi connectivity index (χ0v) is 9.93. The van der Waals surface area contributed by atoms with Gasteiger partial charge in [-0.1, -0.05) is 18.2 Å². The highest BCUT2D eigenvalue weighted by molar-refractivity contribution is 5.81. The van der Waals surface area contributed by atoms with Crippen LogP contribution in [0.3, 0.4) is 0 Å². The van der Waals surface area contributed by atoms with E-state index in [1.165, 1.54) is 12.7 Å². The minimum atomic E-state index is -0.381. The van der Waals surface area contributed by atoms with Gasteiger partial charge in [0.05, 0.1) is 7.11 Å². The summed E-state index contributed by atoms with van der Waals surface area (Å²) in [5.41, 5.74) is 2.33. The lowest BCUT2D eigenvalue weighted by atomic mass is 10.1. The van der Waals surface area contributed by atoms with Crippen LogP contribution in [0.1, 0.15) is 12.0 Å². The molecule has 0 fully saturated rings. The van der Waals surface area contributed by atoms with E-state index >= 15 is 0 Å². The maximum atomic E-state index is 11.7. The molecule has 2 rings (SSSR count). The van der Waals surface area contributed by atoms with Crippen molar-refractivity contribution in [2.45, 2.75) is 18.9 Å². The van der Waals surface area contributed by atoms with Gasteiger partial charge in [-0.2, -0.15) is 0 Å². The predicted molar refractivity (Wildman–Crippen MR) is 65.0 cm³/mol. The fraction of sp³-hybridized carbons (Fsp3) is 0.462. The molecule has 0 amide bonds. The first-order valence-corrected chi connectivity index (χ1v) is 5.81. The van der Waals surface area contributed by atoms with Crippen molar-refractivity contribution < 1.29 is 14.6 Å². The van der Waals surface area contributed by atoms with Gasteiger partial charge in [-0.15, -0.1) is 0 Å². The summed E-state index contributed by atoms with van der Waals surface area (Å²) >= 11 is 0. The zero-order chi connectivity index (χ0) is 12.3. The number of anilines is 1.